The molecule has 2 rings (SSSR count). The molecule has 5 nitrogen and oxygen atoms in total. The second-order valence-corrected chi connectivity index (χ2v) is 5.46. The Hall–Kier alpha value is -2.37. The average Bonchev–Trinajstić information content (AvgIpc) is 2.53. The van der Waals surface area contributed by atoms with E-state index >= 15 is 0 Å². The normalized spacial score (nSPS) is 13.4. The summed E-state index contributed by atoms with van der Waals surface area (Å²) in [5.74, 6) is -3.03. The van der Waals surface area contributed by atoms with E-state index in [1.807, 2.05) is 48.5 Å². The van der Waals surface area contributed by atoms with Gasteiger partial charge in [-0.3, -0.25) is 9.59 Å². The molecule has 4 N–H and O–H groups in total. The monoisotopic (exact) mass is 349 g/mol. The lowest BCUT2D eigenvalue weighted by Crippen LogP contribution is -2.34. The number of aliphatic carboxylic acids is 2. The first-order valence-electron chi connectivity index (χ1n) is 7.34. The van der Waals surface area contributed by atoms with E-state index in [1.165, 1.54) is 0 Å². The van der Waals surface area contributed by atoms with E-state index in [2.05, 4.69) is 0 Å². The minimum Gasteiger partial charge on any atom is -0.481 e. The molecule has 0 aliphatic heterocycles. The first-order valence-corrected chi connectivity index (χ1v) is 7.34. The van der Waals surface area contributed by atoms with Gasteiger partial charge in [-0.2, -0.15) is 0 Å². The van der Waals surface area contributed by atoms with Crippen LogP contribution in [-0.4, -0.2) is 28.2 Å². The summed E-state index contributed by atoms with van der Waals surface area (Å²) in [6.07, 6.45) is 3.74. The third-order valence-corrected chi connectivity index (χ3v) is 3.71. The van der Waals surface area contributed by atoms with Gasteiger partial charge in [0.05, 0.1) is 5.92 Å². The maximum Gasteiger partial charge on any atom is 0.320 e. The number of benzene rings is 2. The van der Waals surface area contributed by atoms with E-state index in [-0.39, 0.29) is 25.2 Å². The van der Waals surface area contributed by atoms with Gasteiger partial charge in [-0.15, -0.1) is 12.4 Å². The quantitative estimate of drug-likeness (QED) is 0.712. The summed E-state index contributed by atoms with van der Waals surface area (Å²) < 4.78 is 0. The Bertz CT molecular complexity index is 745. The summed E-state index contributed by atoms with van der Waals surface area (Å²) >= 11 is 0. The van der Waals surface area contributed by atoms with Gasteiger partial charge in [0.15, 0.2) is 0 Å². The highest BCUT2D eigenvalue weighted by Gasteiger charge is 2.23. The fourth-order valence-electron chi connectivity index (χ4n) is 2.39. The summed E-state index contributed by atoms with van der Waals surface area (Å²) in [7, 11) is 0. The Morgan fingerprint density at radius 1 is 1.04 bits per heavy atom. The van der Waals surface area contributed by atoms with Crippen molar-refractivity contribution in [3.63, 3.8) is 0 Å². The van der Waals surface area contributed by atoms with Crippen LogP contribution in [0, 0.1) is 5.92 Å². The average molecular weight is 350 g/mol. The van der Waals surface area contributed by atoms with Crippen LogP contribution >= 0.6 is 12.4 Å². The number of halogens is 1. The Labute approximate surface area is 146 Å². The lowest BCUT2D eigenvalue weighted by atomic mass is 9.96. The molecule has 0 radical (unpaired) electrons. The maximum atomic E-state index is 11.2. The molecule has 2 atom stereocenters. The molecule has 0 fully saturated rings. The number of hydrogen-bond acceptors (Lipinski definition) is 3. The Kier molecular flexibility index (Phi) is 7.42. The van der Waals surface area contributed by atoms with Gasteiger partial charge in [0.25, 0.3) is 0 Å². The van der Waals surface area contributed by atoms with Crippen LogP contribution in [0.4, 0.5) is 0 Å². The highest BCUT2D eigenvalue weighted by molar-refractivity contribution is 5.85. The van der Waals surface area contributed by atoms with Crippen molar-refractivity contribution in [3.05, 3.63) is 54.1 Å². The molecular weight excluding hydrogens is 330 g/mol. The van der Waals surface area contributed by atoms with Crippen molar-refractivity contribution in [3.8, 4) is 0 Å². The summed E-state index contributed by atoms with van der Waals surface area (Å²) in [6.45, 7) is 0. The fraction of sp³-hybridized carbons (Fsp3) is 0.222. The second kappa shape index (κ2) is 9.05. The van der Waals surface area contributed by atoms with E-state index in [1.54, 1.807) is 6.08 Å². The number of fused-ring (bicyclic) bond motifs is 1. The van der Waals surface area contributed by atoms with Crippen molar-refractivity contribution < 1.29 is 19.8 Å². The molecule has 0 aromatic heterocycles. The number of allylic oxidation sites excluding steroid dienone is 1. The van der Waals surface area contributed by atoms with Gasteiger partial charge in [0.2, 0.25) is 0 Å². The van der Waals surface area contributed by atoms with Crippen molar-refractivity contribution in [1.29, 1.82) is 0 Å². The van der Waals surface area contributed by atoms with E-state index in [4.69, 9.17) is 15.9 Å². The van der Waals surface area contributed by atoms with Crippen LogP contribution in [0.3, 0.4) is 0 Å². The highest BCUT2D eigenvalue weighted by atomic mass is 35.5. The van der Waals surface area contributed by atoms with Crippen LogP contribution in [0.1, 0.15) is 18.4 Å². The van der Waals surface area contributed by atoms with Crippen LogP contribution in [0.25, 0.3) is 16.8 Å². The molecule has 0 aliphatic carbocycles. The number of nitrogens with two attached hydrogens (primary N) is 1. The maximum absolute atomic E-state index is 11.2. The molecule has 24 heavy (non-hydrogen) atoms. The Morgan fingerprint density at radius 3 is 2.33 bits per heavy atom. The topological polar surface area (TPSA) is 101 Å². The van der Waals surface area contributed by atoms with E-state index in [0.29, 0.717) is 0 Å². The van der Waals surface area contributed by atoms with Crippen LogP contribution < -0.4 is 5.73 Å². The van der Waals surface area contributed by atoms with Crippen LogP contribution in [-0.2, 0) is 9.59 Å². The molecule has 0 unspecified atom stereocenters. The number of hydrogen-bond donors (Lipinski definition) is 3. The van der Waals surface area contributed by atoms with Gasteiger partial charge in [-0.05, 0) is 35.2 Å². The van der Waals surface area contributed by atoms with E-state index < -0.39 is 23.9 Å². The Balaban J connectivity index is 0.00000288. The molecular formula is C18H20ClNO4. The van der Waals surface area contributed by atoms with Gasteiger partial charge in [-0.1, -0.05) is 48.6 Å². The molecule has 0 spiro atoms. The lowest BCUT2D eigenvalue weighted by Gasteiger charge is -2.12. The summed E-state index contributed by atoms with van der Waals surface area (Å²) in [4.78, 5) is 21.9. The van der Waals surface area contributed by atoms with Gasteiger partial charge in [-0.25, -0.2) is 0 Å². The fourth-order valence-corrected chi connectivity index (χ4v) is 2.39. The lowest BCUT2D eigenvalue weighted by molar-refractivity contribution is -0.143. The number of carboxylic acids is 2. The van der Waals surface area contributed by atoms with Gasteiger partial charge in [0, 0.05) is 0 Å². The van der Waals surface area contributed by atoms with Crippen molar-refractivity contribution in [2.24, 2.45) is 11.7 Å². The summed E-state index contributed by atoms with van der Waals surface area (Å²) in [6, 6.07) is 12.8. The van der Waals surface area contributed by atoms with Gasteiger partial charge < -0.3 is 15.9 Å². The van der Waals surface area contributed by atoms with Crippen molar-refractivity contribution in [2.45, 2.75) is 18.9 Å². The minimum absolute atomic E-state index is 0. The molecule has 128 valence electrons. The zero-order chi connectivity index (χ0) is 16.8. The number of carbonyl (C=O) groups is 2. The first kappa shape index (κ1) is 19.7. The van der Waals surface area contributed by atoms with Gasteiger partial charge in [0.1, 0.15) is 6.04 Å². The zero-order valence-corrected chi connectivity index (χ0v) is 13.8. The molecule has 0 saturated carbocycles. The summed E-state index contributed by atoms with van der Waals surface area (Å²) in [5.41, 5.74) is 6.38. The predicted molar refractivity (Wildman–Crippen MR) is 96.2 cm³/mol. The van der Waals surface area contributed by atoms with E-state index in [9.17, 15) is 9.59 Å². The molecule has 6 heteroatoms. The second-order valence-electron chi connectivity index (χ2n) is 5.46. The minimum atomic E-state index is -1.19. The SMILES string of the molecule is Cl.N[C@@H](C[C@@H](C/C=C/c1ccc2ccccc2c1)C(=O)O)C(=O)O. The zero-order valence-electron chi connectivity index (χ0n) is 13.0. The van der Waals surface area contributed by atoms with Crippen molar-refractivity contribution >= 4 is 41.2 Å². The first-order chi connectivity index (χ1) is 11.0. The van der Waals surface area contributed by atoms with Crippen LogP contribution in [0.5, 0.6) is 0 Å². The molecule has 0 saturated heterocycles. The smallest absolute Gasteiger partial charge is 0.320 e. The molecule has 0 bridgehead atoms. The van der Waals surface area contributed by atoms with Gasteiger partial charge >= 0.3 is 11.9 Å². The molecule has 2 aromatic carbocycles. The highest BCUT2D eigenvalue weighted by Crippen LogP contribution is 2.18. The predicted octanol–water partition coefficient (Wildman–Crippen LogP) is 3.17. The molecule has 0 aliphatic rings. The van der Waals surface area contributed by atoms with Crippen molar-refractivity contribution in [1.82, 2.24) is 0 Å². The standard InChI is InChI=1S/C18H19NO4.ClH/c19-16(18(22)23)11-15(17(20)21)7-3-4-12-8-9-13-5-1-2-6-14(13)10-12;/h1-6,8-10,15-16H,7,11,19H2,(H,20,21)(H,22,23);1H/b4-3+;/t15-,16+;/m1./s1. The molecule has 2 aromatic rings. The van der Waals surface area contributed by atoms with Crippen LogP contribution in [0.2, 0.25) is 0 Å². The van der Waals surface area contributed by atoms with Crippen LogP contribution in [0.15, 0.2) is 48.5 Å². The third-order valence-electron chi connectivity index (χ3n) is 3.71. The third kappa shape index (κ3) is 5.37. The van der Waals surface area contributed by atoms with Crippen molar-refractivity contribution in [2.75, 3.05) is 0 Å². The summed E-state index contributed by atoms with van der Waals surface area (Å²) in [5, 5.41) is 20.2. The largest absolute Gasteiger partial charge is 0.481 e. The Morgan fingerprint density at radius 2 is 1.71 bits per heavy atom. The number of rotatable bonds is 7. The van der Waals surface area contributed by atoms with E-state index in [0.717, 1.165) is 16.3 Å². The molecule has 0 heterocycles. The number of carboxylic acid groups (broad SMARTS) is 2. The molecule has 0 amide bonds.